The molecule has 0 N–H and O–H groups in total. The molecular weight excluding hydrogens is 311 g/mol. The third-order valence-electron chi connectivity index (χ3n) is 5.20. The Morgan fingerprint density at radius 3 is 2.32 bits per heavy atom. The van der Waals surface area contributed by atoms with E-state index < -0.39 is 0 Å². The van der Waals surface area contributed by atoms with Crippen molar-refractivity contribution in [2.75, 3.05) is 0 Å². The smallest absolute Gasteiger partial charge is 0.399 e. The zero-order valence-corrected chi connectivity index (χ0v) is 15.0. The van der Waals surface area contributed by atoms with Gasteiger partial charge in [0.05, 0.1) is 22.4 Å². The molecule has 1 fully saturated rings. The number of pyridine rings is 2. The van der Waals surface area contributed by atoms with Crippen molar-refractivity contribution in [1.29, 1.82) is 0 Å². The van der Waals surface area contributed by atoms with Crippen LogP contribution in [0.5, 0.6) is 0 Å². The molecule has 0 spiro atoms. The molecule has 3 aromatic rings. The van der Waals surface area contributed by atoms with Gasteiger partial charge < -0.3 is 9.31 Å². The minimum absolute atomic E-state index is 0.350. The van der Waals surface area contributed by atoms with Crippen molar-refractivity contribution >= 4 is 23.5 Å². The quantitative estimate of drug-likeness (QED) is 0.673. The first-order valence-corrected chi connectivity index (χ1v) is 8.52. The molecular formula is C20H21BN2O2. The normalized spacial score (nSPS) is 18.6. The summed E-state index contributed by atoms with van der Waals surface area (Å²) in [5.74, 6) is 0. The minimum atomic E-state index is -0.377. The second-order valence-electron chi connectivity index (χ2n) is 7.48. The highest BCUT2D eigenvalue weighted by molar-refractivity contribution is 6.62. The van der Waals surface area contributed by atoms with Gasteiger partial charge >= 0.3 is 7.12 Å². The number of rotatable bonds is 2. The first-order valence-electron chi connectivity index (χ1n) is 8.52. The zero-order valence-electron chi connectivity index (χ0n) is 15.0. The summed E-state index contributed by atoms with van der Waals surface area (Å²) in [5.41, 5.74) is 3.13. The van der Waals surface area contributed by atoms with Crippen molar-refractivity contribution < 1.29 is 9.31 Å². The van der Waals surface area contributed by atoms with Crippen LogP contribution >= 0.6 is 0 Å². The molecule has 1 aliphatic rings. The van der Waals surface area contributed by atoms with Gasteiger partial charge in [0.2, 0.25) is 0 Å². The molecule has 4 nitrogen and oxygen atoms in total. The largest absolute Gasteiger partial charge is 0.494 e. The van der Waals surface area contributed by atoms with Crippen LogP contribution in [0.2, 0.25) is 0 Å². The Kier molecular flexibility index (Phi) is 3.67. The average Bonchev–Trinajstić information content (AvgIpc) is 2.82. The summed E-state index contributed by atoms with van der Waals surface area (Å²) >= 11 is 0. The molecule has 5 heteroatoms. The van der Waals surface area contributed by atoms with Crippen LogP contribution in [-0.2, 0) is 9.31 Å². The monoisotopic (exact) mass is 332 g/mol. The fraction of sp³-hybridized carbons (Fsp3) is 0.300. The second-order valence-corrected chi connectivity index (χ2v) is 7.48. The maximum atomic E-state index is 6.15. The lowest BCUT2D eigenvalue weighted by atomic mass is 9.78. The standard InChI is InChI=1S/C20H21BN2O2/c1-19(2)20(3,4)25-21(24-19)16-9-7-14-8-10-17(23-18(14)12-16)15-6-5-11-22-13-15/h5-13H,1-4H3. The summed E-state index contributed by atoms with van der Waals surface area (Å²) in [7, 11) is -0.377. The van der Waals surface area contributed by atoms with Crippen molar-refractivity contribution in [3.05, 3.63) is 54.9 Å². The van der Waals surface area contributed by atoms with Gasteiger partial charge in [0, 0.05) is 23.3 Å². The highest BCUT2D eigenvalue weighted by atomic mass is 16.7. The van der Waals surface area contributed by atoms with Gasteiger partial charge in [-0.05, 0) is 57.4 Å². The van der Waals surface area contributed by atoms with Crippen molar-refractivity contribution in [3.63, 3.8) is 0 Å². The number of nitrogens with zero attached hydrogens (tertiary/aromatic N) is 2. The van der Waals surface area contributed by atoms with Gasteiger partial charge in [-0.3, -0.25) is 4.98 Å². The molecule has 4 rings (SSSR count). The predicted octanol–water partition coefficient (Wildman–Crippen LogP) is 3.60. The molecule has 1 aliphatic heterocycles. The van der Waals surface area contributed by atoms with Crippen LogP contribution in [0, 0.1) is 0 Å². The van der Waals surface area contributed by atoms with E-state index in [4.69, 9.17) is 14.3 Å². The lowest BCUT2D eigenvalue weighted by Crippen LogP contribution is -2.41. The summed E-state index contributed by atoms with van der Waals surface area (Å²) in [6, 6.07) is 14.2. The molecule has 2 aromatic heterocycles. The van der Waals surface area contributed by atoms with Crippen LogP contribution < -0.4 is 5.46 Å². The summed E-state index contributed by atoms with van der Waals surface area (Å²) in [5, 5.41) is 1.09. The molecule has 3 heterocycles. The molecule has 0 amide bonds. The minimum Gasteiger partial charge on any atom is -0.399 e. The molecule has 0 atom stereocenters. The van der Waals surface area contributed by atoms with Crippen LogP contribution in [0.4, 0.5) is 0 Å². The fourth-order valence-corrected chi connectivity index (χ4v) is 2.94. The number of fused-ring (bicyclic) bond motifs is 1. The van der Waals surface area contributed by atoms with Crippen molar-refractivity contribution in [2.24, 2.45) is 0 Å². The lowest BCUT2D eigenvalue weighted by Gasteiger charge is -2.32. The maximum absolute atomic E-state index is 6.15. The molecule has 0 bridgehead atoms. The van der Waals surface area contributed by atoms with E-state index in [-0.39, 0.29) is 18.3 Å². The van der Waals surface area contributed by atoms with Crippen molar-refractivity contribution in [3.8, 4) is 11.3 Å². The van der Waals surface area contributed by atoms with Crippen LogP contribution in [0.25, 0.3) is 22.2 Å². The van der Waals surface area contributed by atoms with Gasteiger partial charge in [-0.15, -0.1) is 0 Å². The Balaban J connectivity index is 1.73. The number of benzene rings is 1. The van der Waals surface area contributed by atoms with E-state index in [1.54, 1.807) is 6.20 Å². The molecule has 0 saturated carbocycles. The van der Waals surface area contributed by atoms with Gasteiger partial charge in [0.25, 0.3) is 0 Å². The van der Waals surface area contributed by atoms with Crippen molar-refractivity contribution in [1.82, 2.24) is 9.97 Å². The van der Waals surface area contributed by atoms with Gasteiger partial charge in [0.1, 0.15) is 0 Å². The van der Waals surface area contributed by atoms with E-state index >= 15 is 0 Å². The van der Waals surface area contributed by atoms with E-state index in [1.165, 1.54) is 0 Å². The van der Waals surface area contributed by atoms with E-state index in [0.717, 1.165) is 27.6 Å². The van der Waals surface area contributed by atoms with Crippen LogP contribution in [0.1, 0.15) is 27.7 Å². The maximum Gasteiger partial charge on any atom is 0.494 e. The summed E-state index contributed by atoms with van der Waals surface area (Å²) in [6.45, 7) is 8.25. The van der Waals surface area contributed by atoms with E-state index in [1.807, 2.05) is 24.4 Å². The predicted molar refractivity (Wildman–Crippen MR) is 101 cm³/mol. The van der Waals surface area contributed by atoms with E-state index in [9.17, 15) is 0 Å². The van der Waals surface area contributed by atoms with Crippen molar-refractivity contribution in [2.45, 2.75) is 38.9 Å². The average molecular weight is 332 g/mol. The van der Waals surface area contributed by atoms with E-state index in [2.05, 4.69) is 56.9 Å². The summed E-state index contributed by atoms with van der Waals surface area (Å²) in [4.78, 5) is 8.97. The first kappa shape index (κ1) is 16.2. The van der Waals surface area contributed by atoms with Gasteiger partial charge in [-0.2, -0.15) is 0 Å². The Morgan fingerprint density at radius 1 is 0.920 bits per heavy atom. The SMILES string of the molecule is CC1(C)OB(c2ccc3ccc(-c4cccnc4)nc3c2)OC1(C)C. The Morgan fingerprint density at radius 2 is 1.64 bits per heavy atom. The van der Waals surface area contributed by atoms with Crippen LogP contribution in [0.3, 0.4) is 0 Å². The number of hydrogen-bond donors (Lipinski definition) is 0. The van der Waals surface area contributed by atoms with Gasteiger partial charge in [0.15, 0.2) is 0 Å². The highest BCUT2D eigenvalue weighted by Crippen LogP contribution is 2.36. The van der Waals surface area contributed by atoms with Gasteiger partial charge in [-0.1, -0.05) is 18.2 Å². The topological polar surface area (TPSA) is 44.2 Å². The summed E-state index contributed by atoms with van der Waals surface area (Å²) in [6.07, 6.45) is 3.59. The lowest BCUT2D eigenvalue weighted by molar-refractivity contribution is 0.00578. The summed E-state index contributed by atoms with van der Waals surface area (Å²) < 4.78 is 12.3. The second kappa shape index (κ2) is 5.65. The zero-order chi connectivity index (χ0) is 17.7. The van der Waals surface area contributed by atoms with Gasteiger partial charge in [-0.25, -0.2) is 4.98 Å². The first-order chi connectivity index (χ1) is 11.9. The third kappa shape index (κ3) is 2.83. The molecule has 0 aliphatic carbocycles. The third-order valence-corrected chi connectivity index (χ3v) is 5.20. The Labute approximate surface area is 148 Å². The number of aromatic nitrogens is 2. The number of hydrogen-bond acceptors (Lipinski definition) is 4. The molecule has 1 aromatic carbocycles. The molecule has 126 valence electrons. The molecule has 25 heavy (non-hydrogen) atoms. The van der Waals surface area contributed by atoms with Crippen LogP contribution in [0.15, 0.2) is 54.9 Å². The molecule has 0 unspecified atom stereocenters. The Bertz CT molecular complexity index is 909. The molecule has 0 radical (unpaired) electrons. The highest BCUT2D eigenvalue weighted by Gasteiger charge is 2.51. The Hall–Kier alpha value is -2.24. The van der Waals surface area contributed by atoms with E-state index in [0.29, 0.717) is 0 Å². The van der Waals surface area contributed by atoms with Crippen LogP contribution in [-0.4, -0.2) is 28.3 Å². The molecule has 1 saturated heterocycles. The fourth-order valence-electron chi connectivity index (χ4n) is 2.94.